The normalized spacial score (nSPS) is 12.6. The number of nitrogens with zero attached hydrogens (tertiary/aromatic N) is 1. The molecule has 28 heavy (non-hydrogen) atoms. The molecule has 0 fully saturated rings. The molecule has 0 heterocycles. The van der Waals surface area contributed by atoms with Gasteiger partial charge in [-0.3, -0.25) is 4.79 Å². The second-order valence-corrected chi connectivity index (χ2v) is 9.15. The van der Waals surface area contributed by atoms with Crippen molar-refractivity contribution in [2.45, 2.75) is 29.7 Å². The van der Waals surface area contributed by atoms with Gasteiger partial charge in [0.25, 0.3) is 0 Å². The summed E-state index contributed by atoms with van der Waals surface area (Å²) in [6, 6.07) is 13.8. The minimum atomic E-state index is -3.76. The Labute approximate surface area is 171 Å². The summed E-state index contributed by atoms with van der Waals surface area (Å²) in [5.41, 5.74) is 0.961. The fourth-order valence-corrected chi connectivity index (χ4v) is 4.14. The molecule has 8 heteroatoms. The third kappa shape index (κ3) is 5.73. The fourth-order valence-electron chi connectivity index (χ4n) is 2.60. The minimum absolute atomic E-state index is 0.118. The zero-order valence-electron chi connectivity index (χ0n) is 16.5. The summed E-state index contributed by atoms with van der Waals surface area (Å²) in [6.45, 7) is 3.97. The quantitative estimate of drug-likeness (QED) is 0.628. The van der Waals surface area contributed by atoms with Crippen molar-refractivity contribution < 1.29 is 17.9 Å². The summed E-state index contributed by atoms with van der Waals surface area (Å²) in [7, 11) is -2.37. The highest BCUT2D eigenvalue weighted by Gasteiger charge is 2.23. The maximum atomic E-state index is 12.7. The molecule has 0 aromatic heterocycles. The lowest BCUT2D eigenvalue weighted by atomic mass is 10.1. The van der Waals surface area contributed by atoms with Gasteiger partial charge < -0.3 is 10.1 Å². The Hall–Kier alpha value is -2.03. The number of hydrogen-bond acceptors (Lipinski definition) is 5. The van der Waals surface area contributed by atoms with Crippen LogP contribution in [-0.4, -0.2) is 45.1 Å². The minimum Gasteiger partial charge on any atom is -0.494 e. The molecule has 0 aliphatic carbocycles. The van der Waals surface area contributed by atoms with Crippen molar-refractivity contribution in [1.29, 1.82) is 0 Å². The predicted molar refractivity (Wildman–Crippen MR) is 112 cm³/mol. The number of nitrogens with one attached hydrogen (secondary N) is 1. The van der Waals surface area contributed by atoms with Crippen molar-refractivity contribution in [3.63, 3.8) is 0 Å². The Morgan fingerprint density at radius 2 is 1.75 bits per heavy atom. The van der Waals surface area contributed by atoms with Crippen molar-refractivity contribution in [3.8, 4) is 5.75 Å². The third-order valence-corrected chi connectivity index (χ3v) is 6.76. The second-order valence-electron chi connectivity index (χ2n) is 6.23. The van der Waals surface area contributed by atoms with E-state index < -0.39 is 10.0 Å². The van der Waals surface area contributed by atoms with Crippen LogP contribution in [0.3, 0.4) is 0 Å². The van der Waals surface area contributed by atoms with Crippen molar-refractivity contribution in [2.24, 2.45) is 0 Å². The second kappa shape index (κ2) is 9.95. The van der Waals surface area contributed by atoms with E-state index >= 15 is 0 Å². The number of thioether (sulfide) groups is 1. The summed E-state index contributed by atoms with van der Waals surface area (Å²) in [5, 5.41) is 2.84. The zero-order chi connectivity index (χ0) is 20.7. The van der Waals surface area contributed by atoms with Crippen LogP contribution in [0.15, 0.2) is 58.3 Å². The first-order valence-corrected chi connectivity index (χ1v) is 11.6. The number of carbonyl (C=O) groups excluding carboxylic acids is 1. The Morgan fingerprint density at radius 3 is 2.29 bits per heavy atom. The Balaban J connectivity index is 1.99. The van der Waals surface area contributed by atoms with E-state index in [0.717, 1.165) is 14.8 Å². The van der Waals surface area contributed by atoms with Crippen LogP contribution >= 0.6 is 11.8 Å². The number of hydrogen-bond donors (Lipinski definition) is 1. The fraction of sp³-hybridized carbons (Fsp3) is 0.350. The van der Waals surface area contributed by atoms with Gasteiger partial charge in [-0.15, -0.1) is 11.8 Å². The lowest BCUT2D eigenvalue weighted by Crippen LogP contribution is -2.39. The first-order chi connectivity index (χ1) is 13.3. The van der Waals surface area contributed by atoms with Crippen molar-refractivity contribution in [2.75, 3.05) is 26.5 Å². The molecule has 0 aliphatic heterocycles. The van der Waals surface area contributed by atoms with E-state index in [2.05, 4.69) is 5.32 Å². The first-order valence-electron chi connectivity index (χ1n) is 8.90. The third-order valence-electron chi connectivity index (χ3n) is 4.20. The molecular formula is C20H26N2O4S2. The molecule has 1 N–H and O–H groups in total. The summed E-state index contributed by atoms with van der Waals surface area (Å²) >= 11 is 1.65. The van der Waals surface area contributed by atoms with Crippen molar-refractivity contribution in [1.82, 2.24) is 9.62 Å². The molecule has 152 valence electrons. The van der Waals surface area contributed by atoms with Gasteiger partial charge in [0.05, 0.1) is 24.1 Å². The van der Waals surface area contributed by atoms with Gasteiger partial charge in [0.2, 0.25) is 15.9 Å². The van der Waals surface area contributed by atoms with Gasteiger partial charge in [0.1, 0.15) is 5.75 Å². The molecule has 1 unspecified atom stereocenters. The summed E-state index contributed by atoms with van der Waals surface area (Å²) in [6.07, 6.45) is 2.00. The summed E-state index contributed by atoms with van der Waals surface area (Å²) < 4.78 is 31.7. The number of rotatable bonds is 9. The van der Waals surface area contributed by atoms with E-state index in [1.165, 1.54) is 19.2 Å². The Bertz CT molecular complexity index is 881. The monoisotopic (exact) mass is 422 g/mol. The molecule has 0 radical (unpaired) electrons. The number of ether oxygens (including phenoxy) is 1. The van der Waals surface area contributed by atoms with Crippen LogP contribution < -0.4 is 10.1 Å². The highest BCUT2D eigenvalue weighted by molar-refractivity contribution is 7.98. The molecule has 2 aromatic rings. The van der Waals surface area contributed by atoms with Crippen LogP contribution in [0, 0.1) is 0 Å². The number of amides is 1. The average molecular weight is 423 g/mol. The maximum Gasteiger partial charge on any atom is 0.243 e. The molecule has 0 saturated heterocycles. The molecule has 6 nitrogen and oxygen atoms in total. The standard InChI is InChI=1S/C20H26N2O4S2/c1-5-26-17-8-12-19(13-9-17)28(24,25)22(3)14-20(23)21-15(2)16-6-10-18(27-4)11-7-16/h6-13,15H,5,14H2,1-4H3,(H,21,23). The van der Waals surface area contributed by atoms with Gasteiger partial charge in [0.15, 0.2) is 0 Å². The molecule has 1 atom stereocenters. The van der Waals surface area contributed by atoms with Gasteiger partial charge in [-0.25, -0.2) is 8.42 Å². The van der Waals surface area contributed by atoms with E-state index in [9.17, 15) is 13.2 Å². The van der Waals surface area contributed by atoms with Crippen LogP contribution in [0.25, 0.3) is 0 Å². The smallest absolute Gasteiger partial charge is 0.243 e. The van der Waals surface area contributed by atoms with Crippen LogP contribution in [0.5, 0.6) is 5.75 Å². The van der Waals surface area contributed by atoms with E-state index in [0.29, 0.717) is 12.4 Å². The van der Waals surface area contributed by atoms with Crippen LogP contribution in [0.1, 0.15) is 25.5 Å². The topological polar surface area (TPSA) is 75.7 Å². The highest BCUT2D eigenvalue weighted by atomic mass is 32.2. The molecule has 2 aromatic carbocycles. The summed E-state index contributed by atoms with van der Waals surface area (Å²) in [5.74, 6) is 0.238. The Morgan fingerprint density at radius 1 is 1.14 bits per heavy atom. The number of sulfonamides is 1. The summed E-state index contributed by atoms with van der Waals surface area (Å²) in [4.78, 5) is 13.6. The number of carbonyl (C=O) groups is 1. The van der Waals surface area contributed by atoms with Gasteiger partial charge in [0, 0.05) is 11.9 Å². The number of likely N-dealkylation sites (N-methyl/N-ethyl adjacent to an activating group) is 1. The molecule has 0 bridgehead atoms. The van der Waals surface area contributed by atoms with Crippen molar-refractivity contribution >= 4 is 27.7 Å². The van der Waals surface area contributed by atoms with Gasteiger partial charge in [-0.2, -0.15) is 4.31 Å². The first kappa shape index (κ1) is 22.3. The van der Waals surface area contributed by atoms with Gasteiger partial charge >= 0.3 is 0 Å². The van der Waals surface area contributed by atoms with Gasteiger partial charge in [-0.1, -0.05) is 12.1 Å². The average Bonchev–Trinajstić information content (AvgIpc) is 2.68. The lowest BCUT2D eigenvalue weighted by molar-refractivity contribution is -0.121. The molecule has 2 rings (SSSR count). The van der Waals surface area contributed by atoms with E-state index in [4.69, 9.17) is 4.74 Å². The van der Waals surface area contributed by atoms with E-state index in [-0.39, 0.29) is 23.4 Å². The van der Waals surface area contributed by atoms with E-state index in [1.807, 2.05) is 44.4 Å². The molecule has 0 aliphatic rings. The van der Waals surface area contributed by atoms with Crippen LogP contribution in [0.2, 0.25) is 0 Å². The Kier molecular flexibility index (Phi) is 7.91. The van der Waals surface area contributed by atoms with Gasteiger partial charge in [-0.05, 0) is 62.1 Å². The van der Waals surface area contributed by atoms with E-state index in [1.54, 1.807) is 23.9 Å². The SMILES string of the molecule is CCOc1ccc(S(=O)(=O)N(C)CC(=O)NC(C)c2ccc(SC)cc2)cc1. The van der Waals surface area contributed by atoms with Crippen LogP contribution in [-0.2, 0) is 14.8 Å². The molecule has 0 spiro atoms. The lowest BCUT2D eigenvalue weighted by Gasteiger charge is -2.19. The highest BCUT2D eigenvalue weighted by Crippen LogP contribution is 2.20. The largest absolute Gasteiger partial charge is 0.494 e. The van der Waals surface area contributed by atoms with Crippen molar-refractivity contribution in [3.05, 3.63) is 54.1 Å². The van der Waals surface area contributed by atoms with Crippen LogP contribution in [0.4, 0.5) is 0 Å². The number of benzene rings is 2. The maximum absolute atomic E-state index is 12.7. The predicted octanol–water partition coefficient (Wildman–Crippen LogP) is 3.31. The molecular weight excluding hydrogens is 396 g/mol. The molecule has 0 saturated carbocycles. The molecule has 1 amide bonds. The zero-order valence-corrected chi connectivity index (χ0v) is 18.1.